The number of rotatable bonds is 7. The van der Waals surface area contributed by atoms with Gasteiger partial charge in [0.15, 0.2) is 0 Å². The maximum Gasteiger partial charge on any atom is 0.258 e. The highest BCUT2D eigenvalue weighted by molar-refractivity contribution is 7.89. The molecule has 0 spiro atoms. The largest absolute Gasteiger partial charge is 0.322 e. The Bertz CT molecular complexity index is 1100. The van der Waals surface area contributed by atoms with Gasteiger partial charge in [-0.25, -0.2) is 17.5 Å². The van der Waals surface area contributed by atoms with E-state index in [0.717, 1.165) is 23.8 Å². The lowest BCUT2D eigenvalue weighted by molar-refractivity contribution is 0.102. The lowest BCUT2D eigenvalue weighted by Crippen LogP contribution is -2.26. The Hall–Kier alpha value is -2.74. The second-order valence-corrected chi connectivity index (χ2v) is 8.44. The molecule has 0 heterocycles. The molecular formula is C21H18ClFN2O3S. The molecule has 1 amide bonds. The Morgan fingerprint density at radius 3 is 2.34 bits per heavy atom. The van der Waals surface area contributed by atoms with Crippen LogP contribution in [0.2, 0.25) is 5.02 Å². The van der Waals surface area contributed by atoms with Gasteiger partial charge in [0.2, 0.25) is 10.0 Å². The predicted octanol–water partition coefficient (Wildman–Crippen LogP) is 4.25. The summed E-state index contributed by atoms with van der Waals surface area (Å²) in [4.78, 5) is 12.2. The monoisotopic (exact) mass is 432 g/mol. The van der Waals surface area contributed by atoms with Crippen LogP contribution in [0.3, 0.4) is 0 Å². The summed E-state index contributed by atoms with van der Waals surface area (Å²) in [7, 11) is -3.90. The van der Waals surface area contributed by atoms with Crippen molar-refractivity contribution in [1.29, 1.82) is 0 Å². The van der Waals surface area contributed by atoms with E-state index >= 15 is 0 Å². The number of carbonyl (C=O) groups excluding carboxylic acids is 1. The van der Waals surface area contributed by atoms with Crippen molar-refractivity contribution >= 4 is 33.2 Å². The first-order chi connectivity index (χ1) is 13.8. The molecule has 0 saturated heterocycles. The first-order valence-corrected chi connectivity index (χ1v) is 10.6. The molecule has 8 heteroatoms. The summed E-state index contributed by atoms with van der Waals surface area (Å²) in [5.41, 5.74) is 1.02. The van der Waals surface area contributed by atoms with Gasteiger partial charge in [-0.3, -0.25) is 4.79 Å². The zero-order valence-electron chi connectivity index (χ0n) is 15.2. The average Bonchev–Trinajstić information content (AvgIpc) is 2.70. The fourth-order valence-corrected chi connectivity index (χ4v) is 3.82. The number of sulfonamides is 1. The molecular weight excluding hydrogens is 415 g/mol. The van der Waals surface area contributed by atoms with E-state index < -0.39 is 21.7 Å². The first kappa shape index (κ1) is 21.0. The third-order valence-corrected chi connectivity index (χ3v) is 5.85. The average molecular weight is 433 g/mol. The van der Waals surface area contributed by atoms with Gasteiger partial charge in [0.1, 0.15) is 5.82 Å². The SMILES string of the molecule is O=C(Nc1ccc(Cl)cc1)c1cc(S(=O)(=O)NCCc2ccccc2)ccc1F. The predicted molar refractivity (Wildman–Crippen MR) is 111 cm³/mol. The molecule has 3 aromatic carbocycles. The van der Waals surface area contributed by atoms with Crippen molar-refractivity contribution in [1.82, 2.24) is 4.72 Å². The Labute approximate surface area is 173 Å². The number of anilines is 1. The van der Waals surface area contributed by atoms with E-state index in [4.69, 9.17) is 11.6 Å². The number of halogens is 2. The van der Waals surface area contributed by atoms with Crippen LogP contribution in [0, 0.1) is 5.82 Å². The van der Waals surface area contributed by atoms with Gasteiger partial charge in [-0.1, -0.05) is 41.9 Å². The summed E-state index contributed by atoms with van der Waals surface area (Å²) >= 11 is 5.80. The normalized spacial score (nSPS) is 11.2. The number of hydrogen-bond donors (Lipinski definition) is 2. The van der Waals surface area contributed by atoms with Crippen LogP contribution in [0.25, 0.3) is 0 Å². The second kappa shape index (κ2) is 9.17. The highest BCUT2D eigenvalue weighted by atomic mass is 35.5. The minimum Gasteiger partial charge on any atom is -0.322 e. The third-order valence-electron chi connectivity index (χ3n) is 4.14. The molecule has 0 unspecified atom stereocenters. The Morgan fingerprint density at radius 2 is 1.66 bits per heavy atom. The van der Waals surface area contributed by atoms with Crippen molar-refractivity contribution in [2.45, 2.75) is 11.3 Å². The molecule has 0 atom stereocenters. The first-order valence-electron chi connectivity index (χ1n) is 8.75. The van der Waals surface area contributed by atoms with Crippen LogP contribution in [0.15, 0.2) is 77.7 Å². The molecule has 0 saturated carbocycles. The molecule has 0 radical (unpaired) electrons. The molecule has 5 nitrogen and oxygen atoms in total. The zero-order valence-corrected chi connectivity index (χ0v) is 16.8. The molecule has 0 fully saturated rings. The van der Waals surface area contributed by atoms with Gasteiger partial charge in [0.25, 0.3) is 5.91 Å². The van der Waals surface area contributed by atoms with Crippen molar-refractivity contribution in [2.24, 2.45) is 0 Å². The van der Waals surface area contributed by atoms with Crippen LogP contribution in [-0.2, 0) is 16.4 Å². The molecule has 0 aliphatic heterocycles. The fraction of sp³-hybridized carbons (Fsp3) is 0.0952. The highest BCUT2D eigenvalue weighted by Gasteiger charge is 2.19. The van der Waals surface area contributed by atoms with E-state index in [1.54, 1.807) is 24.3 Å². The van der Waals surface area contributed by atoms with Crippen LogP contribution in [0.4, 0.5) is 10.1 Å². The Morgan fingerprint density at radius 1 is 0.966 bits per heavy atom. The quantitative estimate of drug-likeness (QED) is 0.586. The van der Waals surface area contributed by atoms with E-state index in [0.29, 0.717) is 17.1 Å². The summed E-state index contributed by atoms with van der Waals surface area (Å²) in [6.07, 6.45) is 0.505. The van der Waals surface area contributed by atoms with E-state index in [1.165, 1.54) is 0 Å². The second-order valence-electron chi connectivity index (χ2n) is 6.24. The number of benzene rings is 3. The van der Waals surface area contributed by atoms with Crippen LogP contribution in [0.5, 0.6) is 0 Å². The maximum absolute atomic E-state index is 14.2. The van der Waals surface area contributed by atoms with Crippen LogP contribution in [0.1, 0.15) is 15.9 Å². The minimum atomic E-state index is -3.90. The van der Waals surface area contributed by atoms with E-state index in [-0.39, 0.29) is 17.0 Å². The van der Waals surface area contributed by atoms with Gasteiger partial charge in [0, 0.05) is 17.3 Å². The minimum absolute atomic E-state index is 0.177. The van der Waals surface area contributed by atoms with Crippen LogP contribution < -0.4 is 10.0 Å². The molecule has 150 valence electrons. The molecule has 0 aliphatic carbocycles. The van der Waals surface area contributed by atoms with Crippen LogP contribution >= 0.6 is 11.6 Å². The van der Waals surface area contributed by atoms with Crippen molar-refractivity contribution in [3.63, 3.8) is 0 Å². The molecule has 0 aromatic heterocycles. The number of nitrogens with one attached hydrogen (secondary N) is 2. The summed E-state index contributed by atoms with van der Waals surface area (Å²) in [5, 5.41) is 3.01. The zero-order chi connectivity index (χ0) is 20.9. The number of hydrogen-bond acceptors (Lipinski definition) is 3. The van der Waals surface area contributed by atoms with Crippen molar-refractivity contribution in [2.75, 3.05) is 11.9 Å². The maximum atomic E-state index is 14.2. The molecule has 2 N–H and O–H groups in total. The third kappa shape index (κ3) is 5.63. The Kier molecular flexibility index (Phi) is 6.64. The van der Waals surface area contributed by atoms with Gasteiger partial charge in [-0.05, 0) is 54.4 Å². The topological polar surface area (TPSA) is 75.3 Å². The summed E-state index contributed by atoms with van der Waals surface area (Å²) in [6.45, 7) is 0.177. The standard InChI is InChI=1S/C21H18ClFN2O3S/c22-16-6-8-17(9-7-16)25-21(26)19-14-18(10-11-20(19)23)29(27,28)24-13-12-15-4-2-1-3-5-15/h1-11,14,24H,12-13H2,(H,25,26). The summed E-state index contributed by atoms with van der Waals surface area (Å²) in [5.74, 6) is -1.58. The number of amides is 1. The Balaban J connectivity index is 1.72. The van der Waals surface area contributed by atoms with Gasteiger partial charge in [0.05, 0.1) is 10.5 Å². The van der Waals surface area contributed by atoms with Gasteiger partial charge >= 0.3 is 0 Å². The highest BCUT2D eigenvalue weighted by Crippen LogP contribution is 2.18. The smallest absolute Gasteiger partial charge is 0.258 e. The van der Waals surface area contributed by atoms with Gasteiger partial charge in [-0.15, -0.1) is 0 Å². The lowest BCUT2D eigenvalue weighted by atomic mass is 10.2. The fourth-order valence-electron chi connectivity index (χ4n) is 2.63. The van der Waals surface area contributed by atoms with Crippen LogP contribution in [-0.4, -0.2) is 20.9 Å². The van der Waals surface area contributed by atoms with E-state index in [1.807, 2.05) is 30.3 Å². The summed E-state index contributed by atoms with van der Waals surface area (Å²) in [6, 6.07) is 18.8. The van der Waals surface area contributed by atoms with Gasteiger partial charge in [-0.2, -0.15) is 0 Å². The van der Waals surface area contributed by atoms with E-state index in [9.17, 15) is 17.6 Å². The lowest BCUT2D eigenvalue weighted by Gasteiger charge is -2.10. The van der Waals surface area contributed by atoms with Crippen molar-refractivity contribution < 1.29 is 17.6 Å². The molecule has 0 bridgehead atoms. The molecule has 29 heavy (non-hydrogen) atoms. The number of carbonyl (C=O) groups is 1. The molecule has 0 aliphatic rings. The molecule has 3 aromatic rings. The van der Waals surface area contributed by atoms with Crippen molar-refractivity contribution in [3.05, 3.63) is 94.8 Å². The molecule has 3 rings (SSSR count). The van der Waals surface area contributed by atoms with E-state index in [2.05, 4.69) is 10.0 Å². The van der Waals surface area contributed by atoms with Gasteiger partial charge < -0.3 is 5.32 Å². The summed E-state index contributed by atoms with van der Waals surface area (Å²) < 4.78 is 41.7. The van der Waals surface area contributed by atoms with Crippen molar-refractivity contribution in [3.8, 4) is 0 Å².